The summed E-state index contributed by atoms with van der Waals surface area (Å²) in [5.41, 5.74) is -4.12. The molecule has 6 aliphatic heterocycles. The fourth-order valence-electron chi connectivity index (χ4n) is 23.1. The van der Waals surface area contributed by atoms with Crippen LogP contribution in [0.4, 0.5) is 0 Å². The molecule has 13 nitrogen and oxygen atoms in total. The number of esters is 2. The molecule has 12 fully saturated rings. The molecule has 7 aliphatic carbocycles. The van der Waals surface area contributed by atoms with Crippen LogP contribution < -0.4 is 5.32 Å². The molecule has 2 aromatic rings. The summed E-state index contributed by atoms with van der Waals surface area (Å²) in [5.74, 6) is -0.686. The van der Waals surface area contributed by atoms with Crippen LogP contribution >= 0.6 is 0 Å². The van der Waals surface area contributed by atoms with Gasteiger partial charge in [-0.1, -0.05) is 69.0 Å². The number of epoxide rings is 1. The third-order valence-corrected chi connectivity index (χ3v) is 25.9. The molecule has 13 aliphatic rings. The van der Waals surface area contributed by atoms with Crippen molar-refractivity contribution < 1.29 is 53.1 Å². The minimum Gasteiger partial charge on any atom is -0.469 e. The van der Waals surface area contributed by atoms with E-state index in [4.69, 9.17) is 23.4 Å². The molecule has 20 atom stereocenters. The highest BCUT2D eigenvalue weighted by molar-refractivity contribution is 5.93. The number of ketones is 1. The summed E-state index contributed by atoms with van der Waals surface area (Å²) in [6, 6.07) is 13.0. The van der Waals surface area contributed by atoms with Gasteiger partial charge in [0, 0.05) is 40.8 Å². The monoisotopic (exact) mass is 1070 g/mol. The number of nitrogens with one attached hydrogen (secondary N) is 1. The Bertz CT molecular complexity index is 2750. The molecule has 13 heteroatoms. The quantitative estimate of drug-likeness (QED) is 0.138. The molecule has 0 radical (unpaired) electrons. The number of furan rings is 1. The van der Waals surface area contributed by atoms with Crippen LogP contribution in [0, 0.1) is 79.8 Å². The molecule has 5 saturated heterocycles. The number of ether oxygens (including phenoxy) is 4. The van der Waals surface area contributed by atoms with Crippen LogP contribution in [0.25, 0.3) is 0 Å². The number of allylic oxidation sites excluding steroid dienone is 1. The molecule has 0 bridgehead atoms. The van der Waals surface area contributed by atoms with E-state index < -0.39 is 81.2 Å². The number of cyclic esters (lactones) is 2. The van der Waals surface area contributed by atoms with Crippen LogP contribution in [0.3, 0.4) is 0 Å². The van der Waals surface area contributed by atoms with Crippen molar-refractivity contribution in [3.63, 3.8) is 0 Å². The summed E-state index contributed by atoms with van der Waals surface area (Å²) in [7, 11) is 0. The Hall–Kier alpha value is -3.59. The van der Waals surface area contributed by atoms with Crippen molar-refractivity contribution in [2.24, 2.45) is 79.8 Å². The lowest BCUT2D eigenvalue weighted by molar-refractivity contribution is -0.286. The van der Waals surface area contributed by atoms with Crippen molar-refractivity contribution in [1.82, 2.24) is 10.2 Å². The summed E-state index contributed by atoms with van der Waals surface area (Å²) < 4.78 is 35.1. The normalized spacial score (nSPS) is 47.9. The number of benzene rings is 1. The number of fused-ring (bicyclic) bond motifs is 5. The lowest BCUT2D eigenvalue weighted by Crippen LogP contribution is -2.80. The van der Waals surface area contributed by atoms with Crippen molar-refractivity contribution >= 4 is 17.7 Å². The van der Waals surface area contributed by atoms with Gasteiger partial charge >= 0.3 is 11.9 Å². The average molecular weight is 1070 g/mol. The molecule has 15 rings (SSSR count). The topological polar surface area (TPSA) is 181 Å². The number of Topliss-reactive ketones (excluding diaryl/α,β-unsaturated/α-hetero) is 1. The Kier molecular flexibility index (Phi) is 11.7. The van der Waals surface area contributed by atoms with Gasteiger partial charge in [-0.25, -0.2) is 4.79 Å². The zero-order chi connectivity index (χ0) is 53.4. The third-order valence-electron chi connectivity index (χ3n) is 25.9. The Labute approximate surface area is 460 Å². The van der Waals surface area contributed by atoms with E-state index in [0.29, 0.717) is 61.2 Å². The second-order valence-electron chi connectivity index (χ2n) is 29.5. The van der Waals surface area contributed by atoms with Gasteiger partial charge in [-0.3, -0.25) is 14.9 Å². The lowest BCUT2D eigenvalue weighted by atomic mass is 9.32. The third kappa shape index (κ3) is 6.78. The molecule has 7 saturated carbocycles. The lowest BCUT2D eigenvalue weighted by Gasteiger charge is -2.70. The number of hydrogen-bond donors (Lipinski definition) is 4. The Morgan fingerprint density at radius 1 is 0.846 bits per heavy atom. The summed E-state index contributed by atoms with van der Waals surface area (Å²) in [6.07, 6.45) is 20.8. The fourth-order valence-corrected chi connectivity index (χ4v) is 23.1. The van der Waals surface area contributed by atoms with Crippen molar-refractivity contribution in [3.8, 4) is 0 Å². The van der Waals surface area contributed by atoms with E-state index in [2.05, 4.69) is 59.7 Å². The van der Waals surface area contributed by atoms with Crippen LogP contribution in [0.15, 0.2) is 59.4 Å². The minimum atomic E-state index is -1.49. The second-order valence-corrected chi connectivity index (χ2v) is 29.5. The Morgan fingerprint density at radius 2 is 1.65 bits per heavy atom. The van der Waals surface area contributed by atoms with Crippen molar-refractivity contribution in [1.29, 1.82) is 0 Å². The van der Waals surface area contributed by atoms with Crippen LogP contribution in [-0.4, -0.2) is 106 Å². The maximum absolute atomic E-state index is 16.4. The average Bonchev–Trinajstić information content (AvgIpc) is 2.71. The molecule has 1 aromatic carbocycles. The summed E-state index contributed by atoms with van der Waals surface area (Å²) in [5, 5.41) is 40.0. The molecular formula is C65H86N2O11. The molecule has 78 heavy (non-hydrogen) atoms. The van der Waals surface area contributed by atoms with E-state index in [1.54, 1.807) is 6.26 Å². The fraction of sp³-hybridized carbons (Fsp3) is 0.769. The largest absolute Gasteiger partial charge is 0.469 e. The smallest absolute Gasteiger partial charge is 0.339 e. The zero-order valence-electron chi connectivity index (χ0n) is 46.5. The van der Waals surface area contributed by atoms with E-state index in [9.17, 15) is 15.3 Å². The van der Waals surface area contributed by atoms with Gasteiger partial charge in [0.25, 0.3) is 0 Å². The van der Waals surface area contributed by atoms with E-state index in [-0.39, 0.29) is 54.1 Å². The van der Waals surface area contributed by atoms with E-state index >= 15 is 14.4 Å². The first-order chi connectivity index (χ1) is 37.6. The number of hydrogen-bond acceptors (Lipinski definition) is 13. The molecule has 4 N–H and O–H groups in total. The maximum Gasteiger partial charge on any atom is 0.339 e. The van der Waals surface area contributed by atoms with Crippen molar-refractivity contribution in [3.05, 3.63) is 71.8 Å². The number of aliphatic hydroxyl groups is 3. The van der Waals surface area contributed by atoms with Gasteiger partial charge in [-0.15, -0.1) is 0 Å². The van der Waals surface area contributed by atoms with E-state index in [1.807, 2.05) is 19.9 Å². The van der Waals surface area contributed by atoms with Crippen molar-refractivity contribution in [2.45, 2.75) is 203 Å². The Balaban J connectivity index is 0.838. The van der Waals surface area contributed by atoms with E-state index in [0.717, 1.165) is 89.4 Å². The van der Waals surface area contributed by atoms with Gasteiger partial charge in [-0.2, -0.15) is 0 Å². The highest BCUT2D eigenvalue weighted by atomic mass is 16.7. The number of nitrogens with zero attached hydrogens (tertiary/aromatic N) is 1. The molecular weight excluding hydrogens is 985 g/mol. The summed E-state index contributed by atoms with van der Waals surface area (Å²) in [4.78, 5) is 49.3. The minimum absolute atomic E-state index is 0.0155. The predicted molar refractivity (Wildman–Crippen MR) is 287 cm³/mol. The van der Waals surface area contributed by atoms with Crippen LogP contribution in [-0.2, 0) is 46.2 Å². The van der Waals surface area contributed by atoms with E-state index in [1.165, 1.54) is 37.7 Å². The molecule has 7 heterocycles. The van der Waals surface area contributed by atoms with Crippen LogP contribution in [0.1, 0.15) is 166 Å². The molecule has 1 aromatic heterocycles. The molecule has 5 spiro atoms. The second kappa shape index (κ2) is 17.7. The number of aliphatic hydroxyl groups excluding tert-OH is 3. The predicted octanol–water partition coefficient (Wildman–Crippen LogP) is 8.95. The number of carbonyl (C=O) groups is 3. The van der Waals surface area contributed by atoms with Crippen LogP contribution in [0.5, 0.6) is 0 Å². The van der Waals surface area contributed by atoms with Crippen LogP contribution in [0.2, 0.25) is 0 Å². The maximum atomic E-state index is 16.4. The first-order valence-corrected chi connectivity index (χ1v) is 31.1. The molecule has 422 valence electrons. The molecule has 0 unspecified atom stereocenters. The van der Waals surface area contributed by atoms with Gasteiger partial charge in [0.1, 0.15) is 30.2 Å². The van der Waals surface area contributed by atoms with Crippen molar-refractivity contribution in [2.75, 3.05) is 26.4 Å². The number of rotatable bonds is 9. The summed E-state index contributed by atoms with van der Waals surface area (Å²) in [6.45, 7) is 7.74. The SMILES string of the molecule is CC1(C)O[C@H]2[C@@]3(CC[C@@]4(CCC5(CCCC5)C4)C3)C(=O)OC[C@@]23[C@@H]1C(=O)[C@@H](O)[C@]1([C@H]2CCC[C@@H](Cc4ccccc4)C2)[C@@H]3CC[C@@]2(C)[C@H](c3ccoc3C[C@@H]([C@@H]3CC[C@H]4[C@H](C=CN5CNC[C@@H]45)C3)[C@H](O)CO)OC(=O)[C@H]3O[C@@]312. The van der Waals surface area contributed by atoms with Gasteiger partial charge in [0.15, 0.2) is 11.9 Å². The van der Waals surface area contributed by atoms with Gasteiger partial charge in [-0.05, 0) is 187 Å². The molecule has 0 amide bonds. The summed E-state index contributed by atoms with van der Waals surface area (Å²) >= 11 is 0. The highest BCUT2D eigenvalue weighted by Crippen LogP contribution is 2.84. The highest BCUT2D eigenvalue weighted by Gasteiger charge is 2.94. The zero-order valence-corrected chi connectivity index (χ0v) is 46.5. The van der Waals surface area contributed by atoms with Gasteiger partial charge < -0.3 is 43.6 Å². The number of carbonyl (C=O) groups excluding carboxylic acids is 3. The first-order valence-electron chi connectivity index (χ1n) is 31.1. The van der Waals surface area contributed by atoms with Gasteiger partial charge in [0.2, 0.25) is 0 Å². The standard InChI is InChI=1S/C65H86N2O11/c1-58(2)51-50(70)52(71)64(42-13-9-12-39(29-42)28-38-10-5-4-6-11-38)49(63(51)36-75-57(73)62(56(63)78-58)25-24-61(35-62)23-22-60(34-61)19-7-8-20-60)16-21-59(3)53(76-55(72)54-65(59,64)77-54)44-18-27-74-48(44)31-45(47(69)33-68)40-14-15-43-41(30-40)17-26-67-37-66-32-46(43)67/h4-6,10-11,17-18,26-27,39-43,45-47,49,51-54,56,66,68-69,71H,7-9,12-16,19-25,28-37H2,1-3H3/t39-,40+,41+,42-,43-,45-,46-,47+,49+,51+,52+,53-,54+,56-,59-,61+,62-,63+,64-,65+/m0/s1. The first kappa shape index (κ1) is 51.3. The Morgan fingerprint density at radius 3 is 2.47 bits per heavy atom. The van der Waals surface area contributed by atoms with Gasteiger partial charge in [0.05, 0.1) is 48.7 Å².